The fourth-order valence-electron chi connectivity index (χ4n) is 2.78. The third-order valence-corrected chi connectivity index (χ3v) is 7.87. The number of sulfonamides is 2. The first kappa shape index (κ1) is 18.3. The molecule has 1 saturated carbocycles. The van der Waals surface area contributed by atoms with Gasteiger partial charge in [-0.05, 0) is 43.9 Å². The molecular weight excluding hydrogens is 368 g/mol. The normalized spacial score (nSPS) is 20.5. The average Bonchev–Trinajstić information content (AvgIpc) is 3.38. The molecule has 0 atom stereocenters. The van der Waals surface area contributed by atoms with E-state index in [4.69, 9.17) is 5.11 Å². The molecule has 0 spiro atoms. The molecule has 10 heteroatoms. The van der Waals surface area contributed by atoms with Gasteiger partial charge in [-0.2, -0.15) is 4.31 Å². The molecule has 138 valence electrons. The van der Waals surface area contributed by atoms with Gasteiger partial charge in [0.2, 0.25) is 20.0 Å². The first-order valence-corrected chi connectivity index (χ1v) is 11.0. The van der Waals surface area contributed by atoms with Crippen LogP contribution in [-0.4, -0.2) is 51.3 Å². The maximum atomic E-state index is 12.7. The SMILES string of the molecule is O=C(O)C1CCN(S(=O)(=O)c2cccc(S(=O)(=O)NC3CC3)c2)CC1. The van der Waals surface area contributed by atoms with Crippen LogP contribution < -0.4 is 4.72 Å². The van der Waals surface area contributed by atoms with Crippen molar-refractivity contribution >= 4 is 26.0 Å². The van der Waals surface area contributed by atoms with Crippen LogP contribution in [0.25, 0.3) is 0 Å². The molecule has 1 aromatic rings. The van der Waals surface area contributed by atoms with E-state index in [0.29, 0.717) is 0 Å². The van der Waals surface area contributed by atoms with Crippen molar-refractivity contribution in [1.29, 1.82) is 0 Å². The molecule has 25 heavy (non-hydrogen) atoms. The number of carbonyl (C=O) groups is 1. The molecule has 0 unspecified atom stereocenters. The van der Waals surface area contributed by atoms with E-state index in [-0.39, 0.29) is 41.8 Å². The smallest absolute Gasteiger partial charge is 0.306 e. The van der Waals surface area contributed by atoms with Crippen LogP contribution in [0.15, 0.2) is 34.1 Å². The number of nitrogens with zero attached hydrogens (tertiary/aromatic N) is 1. The van der Waals surface area contributed by atoms with Gasteiger partial charge in [-0.25, -0.2) is 21.6 Å². The standard InChI is InChI=1S/C15H20N2O6S2/c18-15(19)11-6-8-17(9-7-11)25(22,23)14-3-1-2-13(10-14)24(20,21)16-12-4-5-12/h1-3,10-12,16H,4-9H2,(H,18,19). The molecule has 1 heterocycles. The van der Waals surface area contributed by atoms with Crippen molar-refractivity contribution in [3.63, 3.8) is 0 Å². The molecule has 0 aromatic heterocycles. The number of carboxylic acids is 1. The molecule has 0 bridgehead atoms. The lowest BCUT2D eigenvalue weighted by Gasteiger charge is -2.29. The molecule has 2 fully saturated rings. The maximum absolute atomic E-state index is 12.7. The highest BCUT2D eigenvalue weighted by Crippen LogP contribution is 2.26. The van der Waals surface area contributed by atoms with E-state index < -0.39 is 31.9 Å². The third kappa shape index (κ3) is 4.02. The summed E-state index contributed by atoms with van der Waals surface area (Å²) < 4.78 is 53.8. The van der Waals surface area contributed by atoms with E-state index in [2.05, 4.69) is 4.72 Å². The van der Waals surface area contributed by atoms with Gasteiger partial charge in [-0.1, -0.05) is 6.07 Å². The van der Waals surface area contributed by atoms with Crippen molar-refractivity contribution in [2.75, 3.05) is 13.1 Å². The molecule has 1 aliphatic heterocycles. The lowest BCUT2D eigenvalue weighted by molar-refractivity contribution is -0.142. The van der Waals surface area contributed by atoms with Crippen molar-refractivity contribution in [1.82, 2.24) is 9.03 Å². The Bertz CT molecular complexity index is 869. The summed E-state index contributed by atoms with van der Waals surface area (Å²) in [6.07, 6.45) is 2.07. The fourth-order valence-corrected chi connectivity index (χ4v) is 5.72. The Morgan fingerprint density at radius 3 is 2.20 bits per heavy atom. The maximum Gasteiger partial charge on any atom is 0.306 e. The van der Waals surface area contributed by atoms with Crippen molar-refractivity contribution in [2.24, 2.45) is 5.92 Å². The molecule has 0 amide bonds. The molecule has 1 saturated heterocycles. The number of carboxylic acid groups (broad SMARTS) is 1. The predicted molar refractivity (Wildman–Crippen MR) is 88.9 cm³/mol. The minimum Gasteiger partial charge on any atom is -0.481 e. The van der Waals surface area contributed by atoms with Gasteiger partial charge in [-0.3, -0.25) is 4.79 Å². The van der Waals surface area contributed by atoms with Gasteiger partial charge in [0, 0.05) is 19.1 Å². The predicted octanol–water partition coefficient (Wildman–Crippen LogP) is 0.613. The number of benzene rings is 1. The summed E-state index contributed by atoms with van der Waals surface area (Å²) in [5, 5.41) is 9.01. The van der Waals surface area contributed by atoms with Gasteiger partial charge in [0.25, 0.3) is 0 Å². The van der Waals surface area contributed by atoms with Gasteiger partial charge >= 0.3 is 5.97 Å². The van der Waals surface area contributed by atoms with Crippen LogP contribution in [0.1, 0.15) is 25.7 Å². The zero-order valence-corrected chi connectivity index (χ0v) is 15.1. The Morgan fingerprint density at radius 1 is 1.04 bits per heavy atom. The largest absolute Gasteiger partial charge is 0.481 e. The van der Waals surface area contributed by atoms with Crippen molar-refractivity contribution in [3.05, 3.63) is 24.3 Å². The highest BCUT2D eigenvalue weighted by atomic mass is 32.2. The van der Waals surface area contributed by atoms with E-state index in [1.807, 2.05) is 0 Å². The first-order valence-electron chi connectivity index (χ1n) is 8.05. The fraction of sp³-hybridized carbons (Fsp3) is 0.533. The zero-order chi connectivity index (χ0) is 18.2. The van der Waals surface area contributed by atoms with Gasteiger partial charge in [0.1, 0.15) is 0 Å². The molecule has 3 rings (SSSR count). The summed E-state index contributed by atoms with van der Waals surface area (Å²) >= 11 is 0. The zero-order valence-electron chi connectivity index (χ0n) is 13.5. The molecule has 1 aromatic carbocycles. The molecule has 8 nitrogen and oxygen atoms in total. The average molecular weight is 388 g/mol. The number of hydrogen-bond donors (Lipinski definition) is 2. The molecule has 0 radical (unpaired) electrons. The first-order chi connectivity index (χ1) is 11.7. The lowest BCUT2D eigenvalue weighted by Crippen LogP contribution is -2.40. The van der Waals surface area contributed by atoms with Gasteiger partial charge in [-0.15, -0.1) is 0 Å². The Labute approximate surface area is 146 Å². The van der Waals surface area contributed by atoms with E-state index >= 15 is 0 Å². The highest BCUT2D eigenvalue weighted by molar-refractivity contribution is 7.90. The second kappa shape index (κ2) is 6.67. The minimum atomic E-state index is -3.86. The Balaban J connectivity index is 1.81. The third-order valence-electron chi connectivity index (χ3n) is 4.46. The minimum absolute atomic E-state index is 0.0692. The van der Waals surface area contributed by atoms with Gasteiger partial charge < -0.3 is 5.11 Å². The van der Waals surface area contributed by atoms with E-state index in [1.54, 1.807) is 0 Å². The summed E-state index contributed by atoms with van der Waals surface area (Å²) in [4.78, 5) is 10.8. The quantitative estimate of drug-likeness (QED) is 0.737. The second-order valence-corrected chi connectivity index (χ2v) is 10.0. The Hall–Kier alpha value is -1.49. The lowest BCUT2D eigenvalue weighted by atomic mass is 9.99. The van der Waals surface area contributed by atoms with Crippen LogP contribution in [0.2, 0.25) is 0 Å². The van der Waals surface area contributed by atoms with E-state index in [0.717, 1.165) is 18.9 Å². The number of piperidine rings is 1. The van der Waals surface area contributed by atoms with Crippen LogP contribution >= 0.6 is 0 Å². The van der Waals surface area contributed by atoms with Crippen LogP contribution in [0.3, 0.4) is 0 Å². The van der Waals surface area contributed by atoms with Crippen molar-refractivity contribution < 1.29 is 26.7 Å². The molecule has 1 aliphatic carbocycles. The van der Waals surface area contributed by atoms with Crippen LogP contribution in [0.4, 0.5) is 0 Å². The Morgan fingerprint density at radius 2 is 1.64 bits per heavy atom. The van der Waals surface area contributed by atoms with Gasteiger partial charge in [0.05, 0.1) is 15.7 Å². The number of aliphatic carboxylic acids is 1. The number of hydrogen-bond acceptors (Lipinski definition) is 5. The van der Waals surface area contributed by atoms with Crippen LogP contribution in [-0.2, 0) is 24.8 Å². The van der Waals surface area contributed by atoms with Crippen molar-refractivity contribution in [3.8, 4) is 0 Å². The van der Waals surface area contributed by atoms with Crippen LogP contribution in [0.5, 0.6) is 0 Å². The molecule has 2 N–H and O–H groups in total. The summed E-state index contributed by atoms with van der Waals surface area (Å²) in [5.41, 5.74) is 0. The molecular formula is C15H20N2O6S2. The van der Waals surface area contributed by atoms with Crippen LogP contribution in [0, 0.1) is 5.92 Å². The van der Waals surface area contributed by atoms with E-state index in [9.17, 15) is 21.6 Å². The van der Waals surface area contributed by atoms with Crippen molar-refractivity contribution in [2.45, 2.75) is 41.5 Å². The highest BCUT2D eigenvalue weighted by Gasteiger charge is 2.33. The molecule has 2 aliphatic rings. The van der Waals surface area contributed by atoms with Gasteiger partial charge in [0.15, 0.2) is 0 Å². The second-order valence-electron chi connectivity index (χ2n) is 6.39. The topological polar surface area (TPSA) is 121 Å². The number of nitrogens with one attached hydrogen (secondary N) is 1. The number of rotatable bonds is 6. The Kier molecular flexibility index (Phi) is 4.89. The van der Waals surface area contributed by atoms with E-state index in [1.165, 1.54) is 22.5 Å². The summed E-state index contributed by atoms with van der Waals surface area (Å²) in [5.74, 6) is -1.46. The summed E-state index contributed by atoms with van der Waals surface area (Å²) in [7, 11) is -7.60. The summed E-state index contributed by atoms with van der Waals surface area (Å²) in [6, 6.07) is 5.21. The monoisotopic (exact) mass is 388 g/mol. The summed E-state index contributed by atoms with van der Waals surface area (Å²) in [6.45, 7) is 0.215.